The average Bonchev–Trinajstić information content (AvgIpc) is 2.78. The molecule has 7 heteroatoms. The van der Waals surface area contributed by atoms with Gasteiger partial charge in [0.25, 0.3) is 11.8 Å². The highest BCUT2D eigenvalue weighted by molar-refractivity contribution is 6.07. The van der Waals surface area contributed by atoms with Crippen LogP contribution in [0.5, 0.6) is 0 Å². The smallest absolute Gasteiger partial charge is 0.258 e. The van der Waals surface area contributed by atoms with Gasteiger partial charge in [-0.05, 0) is 73.7 Å². The number of fused-ring (bicyclic) bond motifs is 1. The van der Waals surface area contributed by atoms with E-state index in [9.17, 15) is 18.8 Å². The lowest BCUT2D eigenvalue weighted by Gasteiger charge is -2.32. The van der Waals surface area contributed by atoms with E-state index in [1.54, 1.807) is 15.9 Å². The van der Waals surface area contributed by atoms with Gasteiger partial charge in [0, 0.05) is 42.4 Å². The minimum Gasteiger partial charge on any atom is -0.369 e. The molecule has 0 radical (unpaired) electrons. The average molecular weight is 409 g/mol. The number of aryl methyl sites for hydroxylation is 1. The Kier molecular flexibility index (Phi) is 5.53. The van der Waals surface area contributed by atoms with E-state index in [4.69, 9.17) is 5.73 Å². The fraction of sp³-hybridized carbons (Fsp3) is 0.348. The van der Waals surface area contributed by atoms with Gasteiger partial charge in [0.05, 0.1) is 0 Å². The molecule has 2 aromatic rings. The first-order chi connectivity index (χ1) is 14.4. The fourth-order valence-electron chi connectivity index (χ4n) is 4.24. The number of carbonyl (C=O) groups excluding carboxylic acids is 3. The van der Waals surface area contributed by atoms with Crippen molar-refractivity contribution in [2.45, 2.75) is 25.7 Å². The molecule has 2 N–H and O–H groups in total. The quantitative estimate of drug-likeness (QED) is 0.846. The summed E-state index contributed by atoms with van der Waals surface area (Å²) >= 11 is 0. The monoisotopic (exact) mass is 409 g/mol. The van der Waals surface area contributed by atoms with Gasteiger partial charge in [0.15, 0.2) is 0 Å². The van der Waals surface area contributed by atoms with Gasteiger partial charge in [-0.1, -0.05) is 0 Å². The van der Waals surface area contributed by atoms with E-state index >= 15 is 0 Å². The predicted molar refractivity (Wildman–Crippen MR) is 111 cm³/mol. The fourth-order valence-corrected chi connectivity index (χ4v) is 4.24. The summed E-state index contributed by atoms with van der Waals surface area (Å²) in [6, 6.07) is 11.0. The molecule has 6 nitrogen and oxygen atoms in total. The summed E-state index contributed by atoms with van der Waals surface area (Å²) in [4.78, 5) is 40.6. The molecule has 4 rings (SSSR count). The first kappa shape index (κ1) is 20.1. The number of primary amides is 1. The minimum absolute atomic E-state index is 0.0669. The van der Waals surface area contributed by atoms with Crippen LogP contribution in [0.4, 0.5) is 10.1 Å². The first-order valence-electron chi connectivity index (χ1n) is 10.2. The summed E-state index contributed by atoms with van der Waals surface area (Å²) in [6.07, 6.45) is 2.76. The number of likely N-dealkylation sites (tertiary alicyclic amines) is 1. The van der Waals surface area contributed by atoms with Crippen molar-refractivity contribution in [1.82, 2.24) is 4.90 Å². The number of nitrogens with zero attached hydrogens (tertiary/aromatic N) is 2. The van der Waals surface area contributed by atoms with Crippen molar-refractivity contribution < 1.29 is 18.8 Å². The van der Waals surface area contributed by atoms with E-state index in [1.165, 1.54) is 24.3 Å². The number of piperidine rings is 1. The number of anilines is 1. The number of hydrogen-bond acceptors (Lipinski definition) is 3. The van der Waals surface area contributed by atoms with Gasteiger partial charge in [-0.25, -0.2) is 4.39 Å². The molecule has 0 atom stereocenters. The number of rotatable bonds is 3. The Bertz CT molecular complexity index is 982. The number of carbonyl (C=O) groups is 3. The SMILES string of the molecule is NC(=O)C1CCN(C(=O)c2ccc3c(c2)CCCN3C(=O)c2ccc(F)cc2)CC1. The summed E-state index contributed by atoms with van der Waals surface area (Å²) in [5.41, 5.74) is 8.13. The Balaban J connectivity index is 1.52. The van der Waals surface area contributed by atoms with Gasteiger partial charge in [-0.3, -0.25) is 14.4 Å². The van der Waals surface area contributed by atoms with Crippen molar-refractivity contribution in [1.29, 1.82) is 0 Å². The summed E-state index contributed by atoms with van der Waals surface area (Å²) in [5, 5.41) is 0. The van der Waals surface area contributed by atoms with Gasteiger partial charge >= 0.3 is 0 Å². The molecule has 0 spiro atoms. The minimum atomic E-state index is -0.381. The molecule has 1 saturated heterocycles. The van der Waals surface area contributed by atoms with Crippen LogP contribution in [0.1, 0.15) is 45.5 Å². The van der Waals surface area contributed by atoms with E-state index in [0.717, 1.165) is 24.1 Å². The lowest BCUT2D eigenvalue weighted by molar-refractivity contribution is -0.123. The van der Waals surface area contributed by atoms with Crippen LogP contribution in [0.25, 0.3) is 0 Å². The normalized spacial score (nSPS) is 16.8. The summed E-state index contributed by atoms with van der Waals surface area (Å²) in [6.45, 7) is 1.61. The maximum Gasteiger partial charge on any atom is 0.258 e. The van der Waals surface area contributed by atoms with Crippen LogP contribution in [0.15, 0.2) is 42.5 Å². The molecule has 30 heavy (non-hydrogen) atoms. The molecular formula is C23H24FN3O3. The molecule has 0 unspecified atom stereocenters. The zero-order valence-electron chi connectivity index (χ0n) is 16.6. The Hall–Kier alpha value is -3.22. The Morgan fingerprint density at radius 1 is 0.900 bits per heavy atom. The molecule has 2 heterocycles. The van der Waals surface area contributed by atoms with Gasteiger partial charge in [-0.15, -0.1) is 0 Å². The van der Waals surface area contributed by atoms with E-state index in [1.807, 2.05) is 12.1 Å². The van der Waals surface area contributed by atoms with E-state index in [-0.39, 0.29) is 29.5 Å². The number of halogens is 1. The zero-order chi connectivity index (χ0) is 21.3. The summed E-state index contributed by atoms with van der Waals surface area (Å²) in [7, 11) is 0. The zero-order valence-corrected chi connectivity index (χ0v) is 16.6. The second-order valence-corrected chi connectivity index (χ2v) is 7.88. The highest BCUT2D eigenvalue weighted by atomic mass is 19.1. The third kappa shape index (κ3) is 3.92. The molecule has 2 aliphatic rings. The van der Waals surface area contributed by atoms with Crippen molar-refractivity contribution in [3.63, 3.8) is 0 Å². The number of benzene rings is 2. The predicted octanol–water partition coefficient (Wildman–Crippen LogP) is 2.76. The lowest BCUT2D eigenvalue weighted by Crippen LogP contribution is -2.41. The molecule has 156 valence electrons. The second-order valence-electron chi connectivity index (χ2n) is 7.88. The standard InChI is InChI=1S/C23H24FN3O3/c24-19-6-3-16(4-7-19)23(30)27-11-1-2-17-14-18(5-8-20(17)27)22(29)26-12-9-15(10-13-26)21(25)28/h3-8,14-15H,1-2,9-13H2,(H2,25,28). The van der Waals surface area contributed by atoms with Crippen molar-refractivity contribution in [3.05, 3.63) is 65.0 Å². The van der Waals surface area contributed by atoms with Crippen molar-refractivity contribution in [3.8, 4) is 0 Å². The molecule has 2 aliphatic heterocycles. The van der Waals surface area contributed by atoms with Gasteiger partial charge in [0.1, 0.15) is 5.82 Å². The maximum absolute atomic E-state index is 13.2. The van der Waals surface area contributed by atoms with Crippen molar-refractivity contribution in [2.75, 3.05) is 24.5 Å². The Morgan fingerprint density at radius 3 is 2.23 bits per heavy atom. The number of hydrogen-bond donors (Lipinski definition) is 1. The third-order valence-electron chi connectivity index (χ3n) is 5.97. The van der Waals surface area contributed by atoms with Crippen LogP contribution in [-0.4, -0.2) is 42.3 Å². The second kappa shape index (κ2) is 8.26. The van der Waals surface area contributed by atoms with E-state index in [0.29, 0.717) is 43.6 Å². The highest BCUT2D eigenvalue weighted by Gasteiger charge is 2.28. The van der Waals surface area contributed by atoms with Crippen molar-refractivity contribution >= 4 is 23.4 Å². The topological polar surface area (TPSA) is 83.7 Å². The van der Waals surface area contributed by atoms with E-state index < -0.39 is 0 Å². The van der Waals surface area contributed by atoms with Crippen LogP contribution < -0.4 is 10.6 Å². The van der Waals surface area contributed by atoms with Crippen LogP contribution in [0, 0.1) is 11.7 Å². The first-order valence-corrected chi connectivity index (χ1v) is 10.2. The molecule has 0 saturated carbocycles. The molecule has 1 fully saturated rings. The summed E-state index contributed by atoms with van der Waals surface area (Å²) in [5.74, 6) is -1.09. The maximum atomic E-state index is 13.2. The molecule has 0 aliphatic carbocycles. The van der Waals surface area contributed by atoms with Crippen LogP contribution in [0.2, 0.25) is 0 Å². The Labute approximate surface area is 174 Å². The number of amides is 3. The third-order valence-corrected chi connectivity index (χ3v) is 5.97. The van der Waals surface area contributed by atoms with E-state index in [2.05, 4.69) is 0 Å². The van der Waals surface area contributed by atoms with Gasteiger partial charge in [0.2, 0.25) is 5.91 Å². The van der Waals surface area contributed by atoms with Gasteiger partial charge < -0.3 is 15.5 Å². The molecule has 3 amide bonds. The molecule has 2 aromatic carbocycles. The highest BCUT2D eigenvalue weighted by Crippen LogP contribution is 2.30. The largest absolute Gasteiger partial charge is 0.369 e. The van der Waals surface area contributed by atoms with Gasteiger partial charge in [-0.2, -0.15) is 0 Å². The molecular weight excluding hydrogens is 385 g/mol. The molecule has 0 aromatic heterocycles. The summed E-state index contributed by atoms with van der Waals surface area (Å²) < 4.78 is 13.2. The number of nitrogens with two attached hydrogens (primary N) is 1. The lowest BCUT2D eigenvalue weighted by atomic mass is 9.95. The van der Waals surface area contributed by atoms with Crippen molar-refractivity contribution in [2.24, 2.45) is 11.7 Å². The Morgan fingerprint density at radius 2 is 1.57 bits per heavy atom. The van der Waals surface area contributed by atoms with Crippen LogP contribution in [-0.2, 0) is 11.2 Å². The molecule has 0 bridgehead atoms. The van der Waals surface area contributed by atoms with Crippen LogP contribution in [0.3, 0.4) is 0 Å². The van der Waals surface area contributed by atoms with Crippen LogP contribution >= 0.6 is 0 Å².